The zero-order valence-corrected chi connectivity index (χ0v) is 12.9. The normalized spacial score (nSPS) is 16.3. The summed E-state index contributed by atoms with van der Waals surface area (Å²) in [5.74, 6) is 0.230. The molecule has 0 saturated carbocycles. The predicted octanol–water partition coefficient (Wildman–Crippen LogP) is 1.37. The Kier molecular flexibility index (Phi) is 5.17. The number of hydrogen-bond acceptors (Lipinski definition) is 4. The Labute approximate surface area is 120 Å². The van der Waals surface area contributed by atoms with Crippen LogP contribution in [0.25, 0.3) is 0 Å². The van der Waals surface area contributed by atoms with Crippen LogP contribution >= 0.6 is 27.3 Å². The van der Waals surface area contributed by atoms with Crippen molar-refractivity contribution in [3.8, 4) is 0 Å². The number of likely N-dealkylation sites (N-methyl/N-ethyl adjacent to an activating group) is 1. The van der Waals surface area contributed by atoms with E-state index in [9.17, 15) is 4.79 Å². The van der Waals surface area contributed by atoms with Crippen molar-refractivity contribution >= 4 is 33.2 Å². The van der Waals surface area contributed by atoms with Crippen LogP contribution in [-0.4, -0.2) is 55.5 Å². The first-order valence-corrected chi connectivity index (χ1v) is 7.72. The molecule has 0 spiro atoms. The van der Waals surface area contributed by atoms with Gasteiger partial charge in [-0.05, 0) is 40.0 Å². The van der Waals surface area contributed by atoms with Gasteiger partial charge in [0.1, 0.15) is 0 Å². The lowest BCUT2D eigenvalue weighted by Gasteiger charge is -2.29. The van der Waals surface area contributed by atoms with E-state index in [1.807, 2.05) is 11.9 Å². The van der Waals surface area contributed by atoms with Gasteiger partial charge in [-0.15, -0.1) is 11.3 Å². The lowest BCUT2D eigenvalue weighted by Crippen LogP contribution is -2.49. The van der Waals surface area contributed by atoms with Gasteiger partial charge in [-0.3, -0.25) is 9.69 Å². The first kappa shape index (κ1) is 14.0. The minimum absolute atomic E-state index is 0.230. The Bertz CT molecular complexity index is 404. The molecule has 18 heavy (non-hydrogen) atoms. The molecule has 1 aliphatic heterocycles. The second kappa shape index (κ2) is 6.65. The maximum atomic E-state index is 12.1. The maximum absolute atomic E-state index is 12.1. The van der Waals surface area contributed by atoms with Crippen LogP contribution in [0.5, 0.6) is 0 Å². The summed E-state index contributed by atoms with van der Waals surface area (Å²) in [6, 6.07) is 2.11. The third-order valence-electron chi connectivity index (χ3n) is 2.95. The molecule has 0 radical (unpaired) electrons. The summed E-state index contributed by atoms with van der Waals surface area (Å²) in [6.45, 7) is 4.79. The number of nitrogens with one attached hydrogen (secondary N) is 1. The van der Waals surface area contributed by atoms with Gasteiger partial charge < -0.3 is 10.2 Å². The van der Waals surface area contributed by atoms with E-state index in [0.29, 0.717) is 6.54 Å². The van der Waals surface area contributed by atoms with Crippen molar-refractivity contribution in [1.82, 2.24) is 15.1 Å². The zero-order chi connectivity index (χ0) is 13.0. The van der Waals surface area contributed by atoms with Crippen LogP contribution in [-0.2, 0) is 11.3 Å². The molecule has 1 fully saturated rings. The highest BCUT2D eigenvalue weighted by Crippen LogP contribution is 2.21. The molecule has 0 aliphatic carbocycles. The summed E-state index contributed by atoms with van der Waals surface area (Å²) in [4.78, 5) is 16.1. The van der Waals surface area contributed by atoms with Gasteiger partial charge in [-0.25, -0.2) is 0 Å². The number of amides is 1. The van der Waals surface area contributed by atoms with Gasteiger partial charge in [-0.1, -0.05) is 0 Å². The van der Waals surface area contributed by atoms with Gasteiger partial charge in [-0.2, -0.15) is 0 Å². The van der Waals surface area contributed by atoms with E-state index in [2.05, 4.69) is 37.6 Å². The molecule has 1 amide bonds. The van der Waals surface area contributed by atoms with Crippen LogP contribution in [0.3, 0.4) is 0 Å². The molecule has 0 aromatic carbocycles. The highest BCUT2D eigenvalue weighted by atomic mass is 79.9. The van der Waals surface area contributed by atoms with E-state index in [-0.39, 0.29) is 5.91 Å². The maximum Gasteiger partial charge on any atom is 0.236 e. The Morgan fingerprint density at radius 1 is 1.56 bits per heavy atom. The van der Waals surface area contributed by atoms with Gasteiger partial charge in [0.15, 0.2) is 0 Å². The van der Waals surface area contributed by atoms with Crippen molar-refractivity contribution in [2.75, 3.05) is 39.8 Å². The molecule has 0 unspecified atom stereocenters. The Balaban J connectivity index is 1.79. The minimum atomic E-state index is 0.230. The smallest absolute Gasteiger partial charge is 0.236 e. The van der Waals surface area contributed by atoms with E-state index in [1.54, 1.807) is 11.3 Å². The van der Waals surface area contributed by atoms with E-state index in [1.165, 1.54) is 5.56 Å². The number of rotatable bonds is 4. The minimum Gasteiger partial charge on any atom is -0.339 e. The van der Waals surface area contributed by atoms with E-state index < -0.39 is 0 Å². The lowest BCUT2D eigenvalue weighted by molar-refractivity contribution is -0.132. The number of carbonyl (C=O) groups is 1. The molecule has 1 aromatic rings. The summed E-state index contributed by atoms with van der Waals surface area (Å²) in [6.07, 6.45) is 0. The molecule has 1 aliphatic rings. The molecular formula is C12H18BrN3OS. The summed E-state index contributed by atoms with van der Waals surface area (Å²) in [7, 11) is 1.99. The predicted molar refractivity (Wildman–Crippen MR) is 77.8 cm³/mol. The van der Waals surface area contributed by atoms with E-state index in [4.69, 9.17) is 0 Å². The molecule has 1 aromatic heterocycles. The standard InChI is InChI=1S/C12H18BrN3OS/c1-15(7-10-6-11(13)18-9-10)8-12(17)16-4-2-14-3-5-16/h6,9,14H,2-5,7-8H2,1H3. The summed E-state index contributed by atoms with van der Waals surface area (Å²) >= 11 is 5.13. The highest BCUT2D eigenvalue weighted by Gasteiger charge is 2.17. The first-order valence-electron chi connectivity index (χ1n) is 6.05. The van der Waals surface area contributed by atoms with Crippen LogP contribution in [0, 0.1) is 0 Å². The Hall–Kier alpha value is -0.430. The summed E-state index contributed by atoms with van der Waals surface area (Å²) < 4.78 is 1.14. The third-order valence-corrected chi connectivity index (χ3v) is 4.50. The largest absolute Gasteiger partial charge is 0.339 e. The van der Waals surface area contributed by atoms with Gasteiger partial charge in [0.2, 0.25) is 5.91 Å². The van der Waals surface area contributed by atoms with E-state index in [0.717, 1.165) is 36.5 Å². The molecule has 1 N–H and O–H groups in total. The molecule has 2 rings (SSSR count). The highest BCUT2D eigenvalue weighted by molar-refractivity contribution is 9.11. The molecule has 100 valence electrons. The van der Waals surface area contributed by atoms with Gasteiger partial charge in [0.05, 0.1) is 10.3 Å². The monoisotopic (exact) mass is 331 g/mol. The van der Waals surface area contributed by atoms with E-state index >= 15 is 0 Å². The number of nitrogens with zero attached hydrogens (tertiary/aromatic N) is 2. The Morgan fingerprint density at radius 2 is 2.28 bits per heavy atom. The van der Waals surface area contributed by atoms with Crippen molar-refractivity contribution in [2.45, 2.75) is 6.54 Å². The van der Waals surface area contributed by atoms with Crippen molar-refractivity contribution in [1.29, 1.82) is 0 Å². The van der Waals surface area contributed by atoms with Crippen molar-refractivity contribution in [3.05, 3.63) is 20.8 Å². The first-order chi connectivity index (χ1) is 8.65. The Morgan fingerprint density at radius 3 is 2.89 bits per heavy atom. The molecule has 2 heterocycles. The van der Waals surface area contributed by atoms with Gasteiger partial charge in [0.25, 0.3) is 0 Å². The van der Waals surface area contributed by atoms with Crippen LogP contribution in [0.15, 0.2) is 15.2 Å². The average molecular weight is 332 g/mol. The molecule has 0 atom stereocenters. The lowest BCUT2D eigenvalue weighted by atomic mass is 10.3. The molecule has 0 bridgehead atoms. The topological polar surface area (TPSA) is 35.6 Å². The van der Waals surface area contributed by atoms with Crippen LogP contribution in [0.4, 0.5) is 0 Å². The molecular weight excluding hydrogens is 314 g/mol. The van der Waals surface area contributed by atoms with Crippen LogP contribution < -0.4 is 5.32 Å². The van der Waals surface area contributed by atoms with Crippen molar-refractivity contribution in [3.63, 3.8) is 0 Å². The number of piperazine rings is 1. The average Bonchev–Trinajstić information content (AvgIpc) is 2.75. The number of halogens is 1. The number of thiophene rings is 1. The second-order valence-corrected chi connectivity index (χ2v) is 6.85. The fourth-order valence-electron chi connectivity index (χ4n) is 2.04. The van der Waals surface area contributed by atoms with Crippen LogP contribution in [0.1, 0.15) is 5.56 Å². The van der Waals surface area contributed by atoms with Gasteiger partial charge in [0, 0.05) is 32.7 Å². The van der Waals surface area contributed by atoms with Crippen LogP contribution in [0.2, 0.25) is 0 Å². The molecule has 1 saturated heterocycles. The number of carbonyl (C=O) groups excluding carboxylic acids is 1. The summed E-state index contributed by atoms with van der Waals surface area (Å²) in [5.41, 5.74) is 1.25. The fourth-order valence-corrected chi connectivity index (χ4v) is 3.24. The number of hydrogen-bond donors (Lipinski definition) is 1. The van der Waals surface area contributed by atoms with Crippen molar-refractivity contribution in [2.24, 2.45) is 0 Å². The SMILES string of the molecule is CN(CC(=O)N1CCNCC1)Cc1csc(Br)c1. The van der Waals surface area contributed by atoms with Crippen molar-refractivity contribution < 1.29 is 4.79 Å². The fraction of sp³-hybridized carbons (Fsp3) is 0.583. The van der Waals surface area contributed by atoms with Gasteiger partial charge >= 0.3 is 0 Å². The molecule has 4 nitrogen and oxygen atoms in total. The second-order valence-electron chi connectivity index (χ2n) is 4.56. The third kappa shape index (κ3) is 4.05. The quantitative estimate of drug-likeness (QED) is 0.905. The summed E-state index contributed by atoms with van der Waals surface area (Å²) in [5, 5.41) is 5.38. The zero-order valence-electron chi connectivity index (χ0n) is 10.5. The molecule has 6 heteroatoms.